The van der Waals surface area contributed by atoms with Gasteiger partial charge in [0.25, 0.3) is 17.7 Å². The van der Waals surface area contributed by atoms with Crippen molar-refractivity contribution in [3.63, 3.8) is 0 Å². The van der Waals surface area contributed by atoms with Crippen molar-refractivity contribution in [3.8, 4) is 0 Å². The normalized spacial score (nSPS) is 13.5. The van der Waals surface area contributed by atoms with E-state index in [0.717, 1.165) is 21.7 Å². The van der Waals surface area contributed by atoms with Gasteiger partial charge in [0.2, 0.25) is 0 Å². The minimum atomic E-state index is -0.490. The molecule has 2 aromatic carbocycles. The van der Waals surface area contributed by atoms with Crippen molar-refractivity contribution in [1.82, 2.24) is 4.90 Å². The van der Waals surface area contributed by atoms with Gasteiger partial charge in [-0.25, -0.2) is 0 Å². The van der Waals surface area contributed by atoms with E-state index in [0.29, 0.717) is 11.3 Å². The van der Waals surface area contributed by atoms with Crippen molar-refractivity contribution in [3.05, 3.63) is 70.9 Å². The Bertz CT molecular complexity index is 944. The molecule has 1 heterocycles. The SMILES string of the molecule is Cc1cc(C)cc(NC(=O)c2ccc(NC3=CC(=O)N(CCO)C3=O)cc2)c1. The van der Waals surface area contributed by atoms with Gasteiger partial charge in [0, 0.05) is 23.0 Å². The predicted octanol–water partition coefficient (Wildman–Crippen LogP) is 2.21. The summed E-state index contributed by atoms with van der Waals surface area (Å²) in [5.74, 6) is -1.20. The van der Waals surface area contributed by atoms with Crippen molar-refractivity contribution < 1.29 is 19.5 Å². The lowest BCUT2D eigenvalue weighted by Gasteiger charge is -2.13. The number of nitrogens with one attached hydrogen (secondary N) is 2. The molecule has 1 aliphatic heterocycles. The first-order chi connectivity index (χ1) is 13.4. The molecule has 0 radical (unpaired) electrons. The van der Waals surface area contributed by atoms with E-state index < -0.39 is 11.8 Å². The molecule has 0 unspecified atom stereocenters. The van der Waals surface area contributed by atoms with Crippen LogP contribution in [0.25, 0.3) is 0 Å². The monoisotopic (exact) mass is 379 g/mol. The smallest absolute Gasteiger partial charge is 0.277 e. The van der Waals surface area contributed by atoms with Gasteiger partial charge in [0.1, 0.15) is 5.70 Å². The van der Waals surface area contributed by atoms with Crippen molar-refractivity contribution in [2.45, 2.75) is 13.8 Å². The number of carbonyl (C=O) groups excluding carboxylic acids is 3. The van der Waals surface area contributed by atoms with Gasteiger partial charge in [0.05, 0.1) is 13.2 Å². The largest absolute Gasteiger partial charge is 0.395 e. The summed E-state index contributed by atoms with van der Waals surface area (Å²) in [5, 5.41) is 14.7. The fourth-order valence-electron chi connectivity index (χ4n) is 3.02. The Morgan fingerprint density at radius 3 is 2.25 bits per heavy atom. The van der Waals surface area contributed by atoms with E-state index in [-0.39, 0.29) is 24.8 Å². The Kier molecular flexibility index (Phi) is 5.56. The third kappa shape index (κ3) is 4.27. The van der Waals surface area contributed by atoms with E-state index in [9.17, 15) is 14.4 Å². The number of nitrogens with zero attached hydrogens (tertiary/aromatic N) is 1. The van der Waals surface area contributed by atoms with E-state index in [1.54, 1.807) is 24.3 Å². The first kappa shape index (κ1) is 19.3. The zero-order chi connectivity index (χ0) is 20.3. The second-order valence-electron chi connectivity index (χ2n) is 6.61. The molecule has 3 amide bonds. The number of benzene rings is 2. The highest BCUT2D eigenvalue weighted by Gasteiger charge is 2.30. The maximum atomic E-state index is 12.4. The molecule has 7 nitrogen and oxygen atoms in total. The topological polar surface area (TPSA) is 98.7 Å². The summed E-state index contributed by atoms with van der Waals surface area (Å²) in [6.45, 7) is 3.60. The van der Waals surface area contributed by atoms with Gasteiger partial charge in [-0.1, -0.05) is 6.07 Å². The van der Waals surface area contributed by atoms with Crippen LogP contribution in [0.1, 0.15) is 21.5 Å². The van der Waals surface area contributed by atoms with Crippen molar-refractivity contribution in [1.29, 1.82) is 0 Å². The molecule has 0 spiro atoms. The standard InChI is InChI=1S/C21H21N3O4/c1-13-9-14(2)11-17(10-13)23-20(27)15-3-5-16(6-4-15)22-18-12-19(26)24(7-8-25)21(18)28/h3-6,9-12,22,25H,7-8H2,1-2H3,(H,23,27). The second kappa shape index (κ2) is 8.06. The van der Waals surface area contributed by atoms with Gasteiger partial charge in [-0.15, -0.1) is 0 Å². The van der Waals surface area contributed by atoms with Crippen LogP contribution in [-0.2, 0) is 9.59 Å². The molecular formula is C21H21N3O4. The highest BCUT2D eigenvalue weighted by molar-refractivity contribution is 6.17. The van der Waals surface area contributed by atoms with Crippen LogP contribution in [0, 0.1) is 13.8 Å². The molecule has 0 aromatic heterocycles. The van der Waals surface area contributed by atoms with Crippen molar-refractivity contribution >= 4 is 29.1 Å². The lowest BCUT2D eigenvalue weighted by molar-refractivity contribution is -0.137. The molecule has 3 N–H and O–H groups in total. The quantitative estimate of drug-likeness (QED) is 0.669. The maximum absolute atomic E-state index is 12.4. The summed E-state index contributed by atoms with van der Waals surface area (Å²) >= 11 is 0. The van der Waals surface area contributed by atoms with Crippen LogP contribution in [0.4, 0.5) is 11.4 Å². The van der Waals surface area contributed by atoms with E-state index >= 15 is 0 Å². The van der Waals surface area contributed by atoms with E-state index in [1.165, 1.54) is 6.08 Å². The number of rotatable bonds is 6. The third-order valence-corrected chi connectivity index (χ3v) is 4.24. The number of carbonyl (C=O) groups is 3. The minimum Gasteiger partial charge on any atom is -0.395 e. The van der Waals surface area contributed by atoms with Crippen LogP contribution in [0.3, 0.4) is 0 Å². The molecule has 2 aromatic rings. The lowest BCUT2D eigenvalue weighted by atomic mass is 10.1. The van der Waals surface area contributed by atoms with Gasteiger partial charge < -0.3 is 15.7 Å². The fourth-order valence-corrected chi connectivity index (χ4v) is 3.02. The lowest BCUT2D eigenvalue weighted by Crippen LogP contribution is -2.34. The molecule has 0 atom stereocenters. The number of aliphatic hydroxyl groups is 1. The summed E-state index contributed by atoms with van der Waals surface area (Å²) < 4.78 is 0. The molecule has 28 heavy (non-hydrogen) atoms. The summed E-state index contributed by atoms with van der Waals surface area (Å²) in [7, 11) is 0. The zero-order valence-electron chi connectivity index (χ0n) is 15.7. The number of anilines is 2. The first-order valence-electron chi connectivity index (χ1n) is 8.82. The van der Waals surface area contributed by atoms with Gasteiger partial charge in [-0.05, 0) is 61.4 Å². The number of β-amino-alcohol motifs (C(OH)–C–C–N with tert-alkyl or cyclic N) is 1. The number of hydrogen-bond acceptors (Lipinski definition) is 5. The number of amides is 3. The van der Waals surface area contributed by atoms with Crippen LogP contribution in [0.5, 0.6) is 0 Å². The van der Waals surface area contributed by atoms with Gasteiger partial charge in [-0.2, -0.15) is 0 Å². The summed E-state index contributed by atoms with van der Waals surface area (Å²) in [6, 6.07) is 12.4. The Hall–Kier alpha value is -3.45. The number of imide groups is 1. The average Bonchev–Trinajstić information content (AvgIpc) is 2.89. The first-order valence-corrected chi connectivity index (χ1v) is 8.82. The molecule has 0 fully saturated rings. The molecule has 0 aliphatic carbocycles. The van der Waals surface area contributed by atoms with Gasteiger partial charge in [0.15, 0.2) is 0 Å². The van der Waals surface area contributed by atoms with Gasteiger partial charge in [-0.3, -0.25) is 19.3 Å². The average molecular weight is 379 g/mol. The third-order valence-electron chi connectivity index (χ3n) is 4.24. The molecule has 7 heteroatoms. The molecule has 0 bridgehead atoms. The molecule has 1 aliphatic rings. The molecule has 0 saturated heterocycles. The van der Waals surface area contributed by atoms with Crippen LogP contribution in [0.2, 0.25) is 0 Å². The molecule has 144 valence electrons. The summed E-state index contributed by atoms with van der Waals surface area (Å²) in [4.78, 5) is 37.3. The fraction of sp³-hybridized carbons (Fsp3) is 0.190. The van der Waals surface area contributed by atoms with Crippen LogP contribution >= 0.6 is 0 Å². The van der Waals surface area contributed by atoms with Gasteiger partial charge >= 0.3 is 0 Å². The Morgan fingerprint density at radius 2 is 1.64 bits per heavy atom. The maximum Gasteiger partial charge on any atom is 0.277 e. The van der Waals surface area contributed by atoms with Crippen molar-refractivity contribution in [2.75, 3.05) is 23.8 Å². The van der Waals surface area contributed by atoms with Crippen molar-refractivity contribution in [2.24, 2.45) is 0 Å². The summed E-state index contributed by atoms with van der Waals surface area (Å²) in [5.41, 5.74) is 4.03. The second-order valence-corrected chi connectivity index (χ2v) is 6.61. The van der Waals surface area contributed by atoms with Crippen LogP contribution in [-0.4, -0.2) is 40.9 Å². The van der Waals surface area contributed by atoms with E-state index in [1.807, 2.05) is 32.0 Å². The molecule has 3 rings (SSSR count). The number of aliphatic hydroxyl groups excluding tert-OH is 1. The van der Waals surface area contributed by atoms with E-state index in [4.69, 9.17) is 5.11 Å². The summed E-state index contributed by atoms with van der Waals surface area (Å²) in [6.07, 6.45) is 1.19. The molecular weight excluding hydrogens is 358 g/mol. The van der Waals surface area contributed by atoms with E-state index in [2.05, 4.69) is 10.6 Å². The molecule has 0 saturated carbocycles. The van der Waals surface area contributed by atoms with Crippen LogP contribution in [0.15, 0.2) is 54.2 Å². The number of hydrogen-bond donors (Lipinski definition) is 3. The Balaban J connectivity index is 1.66. The number of aryl methyl sites for hydroxylation is 2. The van der Waals surface area contributed by atoms with Crippen LogP contribution < -0.4 is 10.6 Å². The zero-order valence-corrected chi connectivity index (χ0v) is 15.7. The minimum absolute atomic E-state index is 0.0448. The highest BCUT2D eigenvalue weighted by Crippen LogP contribution is 2.19. The Morgan fingerprint density at radius 1 is 1.00 bits per heavy atom. The predicted molar refractivity (Wildman–Crippen MR) is 106 cm³/mol. The highest BCUT2D eigenvalue weighted by atomic mass is 16.3. The Labute approximate surface area is 162 Å².